The Labute approximate surface area is 183 Å². The molecule has 4 rings (SSSR count). The van der Waals surface area contributed by atoms with Crippen LogP contribution in [0.15, 0.2) is 67.1 Å². The molecule has 0 fully saturated rings. The van der Waals surface area contributed by atoms with E-state index in [1.807, 2.05) is 18.2 Å². The van der Waals surface area contributed by atoms with E-state index >= 15 is 0 Å². The van der Waals surface area contributed by atoms with Gasteiger partial charge in [0.25, 0.3) is 5.91 Å². The quantitative estimate of drug-likeness (QED) is 0.407. The molecule has 1 amide bonds. The van der Waals surface area contributed by atoms with Gasteiger partial charge in [0, 0.05) is 29.9 Å². The number of fused-ring (bicyclic) bond motifs is 1. The van der Waals surface area contributed by atoms with Crippen LogP contribution in [0.2, 0.25) is 0 Å². The van der Waals surface area contributed by atoms with Crippen LogP contribution >= 0.6 is 0 Å². The van der Waals surface area contributed by atoms with Crippen molar-refractivity contribution in [1.29, 1.82) is 0 Å². The summed E-state index contributed by atoms with van der Waals surface area (Å²) in [7, 11) is 1.51. The molecule has 9 heteroatoms. The number of ether oxygens (including phenoxy) is 1. The van der Waals surface area contributed by atoms with E-state index in [0.29, 0.717) is 40.4 Å². The van der Waals surface area contributed by atoms with Crippen LogP contribution in [0.1, 0.15) is 26.3 Å². The first-order valence-electron chi connectivity index (χ1n) is 9.66. The van der Waals surface area contributed by atoms with E-state index < -0.39 is 5.97 Å². The number of para-hydroxylation sites is 1. The van der Waals surface area contributed by atoms with Crippen LogP contribution in [0.25, 0.3) is 10.9 Å². The molecule has 160 valence electrons. The van der Waals surface area contributed by atoms with E-state index in [1.54, 1.807) is 30.3 Å². The average Bonchev–Trinajstić information content (AvgIpc) is 2.82. The predicted molar refractivity (Wildman–Crippen MR) is 119 cm³/mol. The molecular formula is C23H19N5O4. The largest absolute Gasteiger partial charge is 0.481 e. The Balaban J connectivity index is 1.48. The molecule has 0 saturated heterocycles. The Morgan fingerprint density at radius 1 is 1.03 bits per heavy atom. The molecule has 3 N–H and O–H groups in total. The maximum Gasteiger partial charge on any atom is 0.337 e. The van der Waals surface area contributed by atoms with Gasteiger partial charge < -0.3 is 20.5 Å². The number of nitrogens with zero attached hydrogens (tertiary/aromatic N) is 3. The number of hydrogen-bond acceptors (Lipinski definition) is 7. The molecule has 0 aliphatic heterocycles. The van der Waals surface area contributed by atoms with Crippen molar-refractivity contribution in [2.45, 2.75) is 6.54 Å². The number of carbonyl (C=O) groups is 2. The lowest BCUT2D eigenvalue weighted by Gasteiger charge is -2.11. The lowest BCUT2D eigenvalue weighted by molar-refractivity contribution is 0.0698. The van der Waals surface area contributed by atoms with Gasteiger partial charge in [-0.2, -0.15) is 0 Å². The molecule has 0 unspecified atom stereocenters. The van der Waals surface area contributed by atoms with Crippen molar-refractivity contribution in [2.24, 2.45) is 0 Å². The van der Waals surface area contributed by atoms with Crippen molar-refractivity contribution >= 4 is 34.3 Å². The van der Waals surface area contributed by atoms with E-state index in [9.17, 15) is 14.7 Å². The number of benzene rings is 2. The van der Waals surface area contributed by atoms with Crippen LogP contribution in [0.5, 0.6) is 5.88 Å². The number of amides is 1. The fourth-order valence-electron chi connectivity index (χ4n) is 3.18. The molecule has 4 aromatic rings. The highest BCUT2D eigenvalue weighted by molar-refractivity contribution is 6.05. The second kappa shape index (κ2) is 9.09. The standard InChI is InChI=1S/C23H19N5O4/c1-32-19-9-8-15(12-24-19)22(29)28-16-5-2-4-14(10-16)11-25-21-17-6-3-7-18(23(30)31)20(17)26-13-27-21/h2-10,12-13H,11H2,1H3,(H,28,29)(H,30,31)(H,25,26,27). The summed E-state index contributed by atoms with van der Waals surface area (Å²) in [4.78, 5) is 36.3. The molecule has 2 aromatic carbocycles. The number of pyridine rings is 1. The van der Waals surface area contributed by atoms with Crippen LogP contribution < -0.4 is 15.4 Å². The number of hydrogen-bond donors (Lipinski definition) is 3. The number of nitrogens with one attached hydrogen (secondary N) is 2. The van der Waals surface area contributed by atoms with Crippen molar-refractivity contribution in [3.05, 3.63) is 83.8 Å². The Morgan fingerprint density at radius 3 is 2.62 bits per heavy atom. The lowest BCUT2D eigenvalue weighted by atomic mass is 10.1. The molecule has 2 heterocycles. The Bertz CT molecular complexity index is 1290. The van der Waals surface area contributed by atoms with Crippen LogP contribution in [0.4, 0.5) is 11.5 Å². The fourth-order valence-corrected chi connectivity index (χ4v) is 3.18. The highest BCUT2D eigenvalue weighted by atomic mass is 16.5. The van der Waals surface area contributed by atoms with Crippen molar-refractivity contribution < 1.29 is 19.4 Å². The van der Waals surface area contributed by atoms with Crippen molar-refractivity contribution in [2.75, 3.05) is 17.7 Å². The van der Waals surface area contributed by atoms with E-state index in [1.165, 1.54) is 25.7 Å². The predicted octanol–water partition coefficient (Wildman–Crippen LogP) is 3.60. The minimum atomic E-state index is -1.05. The molecule has 0 aliphatic rings. The van der Waals surface area contributed by atoms with Gasteiger partial charge in [0.2, 0.25) is 5.88 Å². The first-order chi connectivity index (χ1) is 15.5. The first-order valence-corrected chi connectivity index (χ1v) is 9.66. The highest BCUT2D eigenvalue weighted by Crippen LogP contribution is 2.23. The SMILES string of the molecule is COc1ccc(C(=O)Nc2cccc(CNc3ncnc4c(C(=O)O)cccc34)c2)cn1. The van der Waals surface area contributed by atoms with Gasteiger partial charge >= 0.3 is 5.97 Å². The maximum atomic E-state index is 12.5. The maximum absolute atomic E-state index is 12.5. The summed E-state index contributed by atoms with van der Waals surface area (Å²) in [5.41, 5.74) is 2.43. The number of aromatic nitrogens is 3. The van der Waals surface area contributed by atoms with Gasteiger partial charge in [0.05, 0.1) is 23.8 Å². The smallest absolute Gasteiger partial charge is 0.337 e. The molecule has 0 radical (unpaired) electrons. The molecule has 0 aliphatic carbocycles. The summed E-state index contributed by atoms with van der Waals surface area (Å²) in [6.45, 7) is 0.414. The second-order valence-corrected chi connectivity index (χ2v) is 6.83. The van der Waals surface area contributed by atoms with Gasteiger partial charge in [-0.1, -0.05) is 18.2 Å². The number of carboxylic acids is 1. The number of aromatic carboxylic acids is 1. The minimum Gasteiger partial charge on any atom is -0.481 e. The molecule has 0 saturated carbocycles. The summed E-state index contributed by atoms with van der Waals surface area (Å²) < 4.78 is 5.00. The molecule has 9 nitrogen and oxygen atoms in total. The van der Waals surface area contributed by atoms with Gasteiger partial charge in [-0.3, -0.25) is 4.79 Å². The minimum absolute atomic E-state index is 0.116. The summed E-state index contributed by atoms with van der Waals surface area (Å²) in [6, 6.07) is 15.6. The molecule has 0 bridgehead atoms. The van der Waals surface area contributed by atoms with Gasteiger partial charge in [-0.25, -0.2) is 19.7 Å². The zero-order valence-electron chi connectivity index (χ0n) is 17.1. The van der Waals surface area contributed by atoms with E-state index in [4.69, 9.17) is 4.74 Å². The molecule has 2 aromatic heterocycles. The van der Waals surface area contributed by atoms with Crippen LogP contribution in [0.3, 0.4) is 0 Å². The summed E-state index contributed by atoms with van der Waals surface area (Å²) in [5.74, 6) is -0.372. The number of rotatable bonds is 7. The molecule has 32 heavy (non-hydrogen) atoms. The van der Waals surface area contributed by atoms with Crippen LogP contribution in [-0.2, 0) is 6.54 Å². The van der Waals surface area contributed by atoms with Crippen molar-refractivity contribution in [3.8, 4) is 5.88 Å². The number of carbonyl (C=O) groups excluding carboxylic acids is 1. The molecular weight excluding hydrogens is 410 g/mol. The van der Waals surface area contributed by atoms with Crippen LogP contribution in [-0.4, -0.2) is 39.0 Å². The van der Waals surface area contributed by atoms with E-state index in [2.05, 4.69) is 25.6 Å². The lowest BCUT2D eigenvalue weighted by Crippen LogP contribution is -2.12. The fraction of sp³-hybridized carbons (Fsp3) is 0.0870. The van der Waals surface area contributed by atoms with Crippen LogP contribution in [0, 0.1) is 0 Å². The number of anilines is 2. The number of carboxylic acid groups (broad SMARTS) is 1. The zero-order valence-corrected chi connectivity index (χ0v) is 17.1. The first kappa shape index (κ1) is 20.7. The Kier molecular flexibility index (Phi) is 5.89. The van der Waals surface area contributed by atoms with E-state index in [-0.39, 0.29) is 11.5 Å². The third kappa shape index (κ3) is 4.46. The zero-order chi connectivity index (χ0) is 22.5. The van der Waals surface area contributed by atoms with Crippen molar-refractivity contribution in [3.63, 3.8) is 0 Å². The van der Waals surface area contributed by atoms with E-state index in [0.717, 1.165) is 5.56 Å². The second-order valence-electron chi connectivity index (χ2n) is 6.83. The number of methoxy groups -OCH3 is 1. The average molecular weight is 429 g/mol. The normalized spacial score (nSPS) is 10.5. The third-order valence-electron chi connectivity index (χ3n) is 4.75. The van der Waals surface area contributed by atoms with Gasteiger partial charge in [0.15, 0.2) is 0 Å². The summed E-state index contributed by atoms with van der Waals surface area (Å²) >= 11 is 0. The third-order valence-corrected chi connectivity index (χ3v) is 4.75. The molecule has 0 spiro atoms. The highest BCUT2D eigenvalue weighted by Gasteiger charge is 2.12. The van der Waals surface area contributed by atoms with Crippen molar-refractivity contribution in [1.82, 2.24) is 15.0 Å². The summed E-state index contributed by atoms with van der Waals surface area (Å²) in [5, 5.41) is 16.0. The summed E-state index contributed by atoms with van der Waals surface area (Å²) in [6.07, 6.45) is 2.78. The Morgan fingerprint density at radius 2 is 1.88 bits per heavy atom. The van der Waals surface area contributed by atoms with Gasteiger partial charge in [-0.05, 0) is 35.9 Å². The Hall–Kier alpha value is -4.53. The molecule has 0 atom stereocenters. The monoisotopic (exact) mass is 429 g/mol. The topological polar surface area (TPSA) is 126 Å². The van der Waals surface area contributed by atoms with Gasteiger partial charge in [-0.15, -0.1) is 0 Å². The van der Waals surface area contributed by atoms with Gasteiger partial charge in [0.1, 0.15) is 12.1 Å².